The minimum absolute atomic E-state index is 0.0346. The van der Waals surface area contributed by atoms with Crippen LogP contribution in [0.25, 0.3) is 4.96 Å². The number of hydrogen-bond acceptors (Lipinski definition) is 6. The molecule has 5 nitrogen and oxygen atoms in total. The van der Waals surface area contributed by atoms with Crippen molar-refractivity contribution in [1.82, 2.24) is 19.7 Å². The minimum Gasteiger partial charge on any atom is -0.303 e. The van der Waals surface area contributed by atoms with Gasteiger partial charge in [-0.3, -0.25) is 9.20 Å². The third-order valence-corrected chi connectivity index (χ3v) is 5.03. The van der Waals surface area contributed by atoms with E-state index >= 15 is 0 Å². The molecule has 3 aromatic rings. The average molecular weight is 320 g/mol. The maximum absolute atomic E-state index is 11.9. The first-order chi connectivity index (χ1) is 10.2. The van der Waals surface area contributed by atoms with E-state index in [0.29, 0.717) is 6.54 Å². The molecule has 3 rings (SSSR count). The standard InChI is InChI=1S/C14H16N4OS2/c1-3-12-17-11(8-21-12)9(2)15-7-10-6-13(19)18-4-5-20-14(18)16-10/h4-6,8-9,15H,3,7H2,1-2H3/t9-/m0/s1. The highest BCUT2D eigenvalue weighted by atomic mass is 32.1. The van der Waals surface area contributed by atoms with Crippen molar-refractivity contribution in [2.24, 2.45) is 0 Å². The summed E-state index contributed by atoms with van der Waals surface area (Å²) < 4.78 is 1.56. The van der Waals surface area contributed by atoms with E-state index in [-0.39, 0.29) is 11.6 Å². The number of rotatable bonds is 5. The van der Waals surface area contributed by atoms with Gasteiger partial charge in [-0.1, -0.05) is 6.92 Å². The average Bonchev–Trinajstić information content (AvgIpc) is 3.13. The fourth-order valence-electron chi connectivity index (χ4n) is 2.03. The van der Waals surface area contributed by atoms with Gasteiger partial charge < -0.3 is 5.32 Å². The van der Waals surface area contributed by atoms with E-state index < -0.39 is 0 Å². The molecule has 7 heteroatoms. The van der Waals surface area contributed by atoms with Crippen LogP contribution in [-0.2, 0) is 13.0 Å². The monoisotopic (exact) mass is 320 g/mol. The molecule has 0 aliphatic heterocycles. The fourth-order valence-corrected chi connectivity index (χ4v) is 3.60. The van der Waals surface area contributed by atoms with E-state index in [1.54, 1.807) is 28.0 Å². The minimum atomic E-state index is -0.0346. The molecular formula is C14H16N4OS2. The highest BCUT2D eigenvalue weighted by Crippen LogP contribution is 2.17. The summed E-state index contributed by atoms with van der Waals surface area (Å²) >= 11 is 3.15. The Bertz CT molecular complexity index is 805. The number of nitrogens with zero attached hydrogens (tertiary/aromatic N) is 3. The molecule has 0 spiro atoms. The van der Waals surface area contributed by atoms with E-state index in [0.717, 1.165) is 27.8 Å². The van der Waals surface area contributed by atoms with E-state index in [1.807, 2.05) is 5.38 Å². The van der Waals surface area contributed by atoms with Gasteiger partial charge in [-0.2, -0.15) is 0 Å². The van der Waals surface area contributed by atoms with Gasteiger partial charge in [-0.15, -0.1) is 22.7 Å². The van der Waals surface area contributed by atoms with Crippen LogP contribution in [0, 0.1) is 0 Å². The second kappa shape index (κ2) is 6.05. The van der Waals surface area contributed by atoms with Gasteiger partial charge in [0.2, 0.25) is 0 Å². The van der Waals surface area contributed by atoms with Gasteiger partial charge in [-0.25, -0.2) is 9.97 Å². The predicted molar refractivity (Wildman–Crippen MR) is 86.1 cm³/mol. The molecular weight excluding hydrogens is 304 g/mol. The SMILES string of the molecule is CCc1nc([C@H](C)NCc2cc(=O)n3ccsc3n2)cs1. The zero-order valence-electron chi connectivity index (χ0n) is 11.9. The first kappa shape index (κ1) is 14.4. The van der Waals surface area contributed by atoms with Crippen molar-refractivity contribution in [3.05, 3.63) is 49.8 Å². The van der Waals surface area contributed by atoms with E-state index in [4.69, 9.17) is 0 Å². The molecule has 3 heterocycles. The van der Waals surface area contributed by atoms with Crippen LogP contribution in [0.4, 0.5) is 0 Å². The van der Waals surface area contributed by atoms with Crippen molar-refractivity contribution >= 4 is 27.6 Å². The van der Waals surface area contributed by atoms with Gasteiger partial charge in [0.1, 0.15) is 0 Å². The topological polar surface area (TPSA) is 59.3 Å². The summed E-state index contributed by atoms with van der Waals surface area (Å²) in [6.45, 7) is 4.74. The molecule has 3 aromatic heterocycles. The summed E-state index contributed by atoms with van der Waals surface area (Å²) in [5, 5.41) is 8.47. The Labute approximate surface area is 130 Å². The van der Waals surface area contributed by atoms with Crippen molar-refractivity contribution in [3.8, 4) is 0 Å². The molecule has 110 valence electrons. The molecule has 0 aliphatic carbocycles. The lowest BCUT2D eigenvalue weighted by Gasteiger charge is -2.10. The Morgan fingerprint density at radius 1 is 1.38 bits per heavy atom. The molecule has 0 saturated heterocycles. The summed E-state index contributed by atoms with van der Waals surface area (Å²) in [5.74, 6) is 0. The Kier molecular flexibility index (Phi) is 4.14. The number of aryl methyl sites for hydroxylation is 1. The Hall–Kier alpha value is -1.57. The molecule has 21 heavy (non-hydrogen) atoms. The van der Waals surface area contributed by atoms with Crippen LogP contribution in [-0.4, -0.2) is 14.4 Å². The Balaban J connectivity index is 1.72. The first-order valence-corrected chi connectivity index (χ1v) is 8.56. The van der Waals surface area contributed by atoms with Crippen molar-refractivity contribution < 1.29 is 0 Å². The zero-order valence-corrected chi connectivity index (χ0v) is 13.5. The number of aromatic nitrogens is 3. The van der Waals surface area contributed by atoms with Crippen LogP contribution >= 0.6 is 22.7 Å². The molecule has 0 aliphatic rings. The van der Waals surface area contributed by atoms with Crippen LogP contribution in [0.2, 0.25) is 0 Å². The van der Waals surface area contributed by atoms with Crippen LogP contribution < -0.4 is 10.9 Å². The van der Waals surface area contributed by atoms with Crippen molar-refractivity contribution in [2.45, 2.75) is 32.9 Å². The molecule has 0 aromatic carbocycles. The second-order valence-corrected chi connectivity index (χ2v) is 6.58. The Morgan fingerprint density at radius 3 is 3.00 bits per heavy atom. The van der Waals surface area contributed by atoms with Gasteiger partial charge >= 0.3 is 0 Å². The van der Waals surface area contributed by atoms with Gasteiger partial charge in [0.05, 0.1) is 16.4 Å². The fraction of sp³-hybridized carbons (Fsp3) is 0.357. The van der Waals surface area contributed by atoms with E-state index in [2.05, 4.69) is 34.5 Å². The first-order valence-electron chi connectivity index (χ1n) is 6.81. The van der Waals surface area contributed by atoms with Gasteiger partial charge in [0.15, 0.2) is 4.96 Å². The van der Waals surface area contributed by atoms with Gasteiger partial charge in [0, 0.05) is 35.6 Å². The normalized spacial score (nSPS) is 12.9. The molecule has 0 bridgehead atoms. The van der Waals surface area contributed by atoms with Crippen molar-refractivity contribution in [2.75, 3.05) is 0 Å². The second-order valence-electron chi connectivity index (χ2n) is 4.76. The molecule has 0 saturated carbocycles. The molecule has 1 atom stereocenters. The van der Waals surface area contributed by atoms with Crippen molar-refractivity contribution in [1.29, 1.82) is 0 Å². The summed E-state index contributed by atoms with van der Waals surface area (Å²) in [6.07, 6.45) is 2.71. The number of fused-ring (bicyclic) bond motifs is 1. The largest absolute Gasteiger partial charge is 0.303 e. The summed E-state index contributed by atoms with van der Waals surface area (Å²) in [4.78, 5) is 21.7. The lowest BCUT2D eigenvalue weighted by atomic mass is 10.2. The van der Waals surface area contributed by atoms with Gasteiger partial charge in [-0.05, 0) is 13.3 Å². The quantitative estimate of drug-likeness (QED) is 0.785. The summed E-state index contributed by atoms with van der Waals surface area (Å²) in [7, 11) is 0. The van der Waals surface area contributed by atoms with Crippen LogP contribution in [0.15, 0.2) is 27.8 Å². The number of thiazole rings is 2. The molecule has 0 unspecified atom stereocenters. The highest BCUT2D eigenvalue weighted by molar-refractivity contribution is 7.15. The molecule has 0 fully saturated rings. The summed E-state index contributed by atoms with van der Waals surface area (Å²) in [6, 6.07) is 1.72. The predicted octanol–water partition coefficient (Wildman–Crippen LogP) is 2.63. The summed E-state index contributed by atoms with van der Waals surface area (Å²) in [5.41, 5.74) is 1.78. The van der Waals surface area contributed by atoms with Gasteiger partial charge in [0.25, 0.3) is 5.56 Å². The lowest BCUT2D eigenvalue weighted by Crippen LogP contribution is -2.21. The maximum atomic E-state index is 11.9. The Morgan fingerprint density at radius 2 is 2.24 bits per heavy atom. The van der Waals surface area contributed by atoms with Crippen LogP contribution in [0.3, 0.4) is 0 Å². The van der Waals surface area contributed by atoms with E-state index in [1.165, 1.54) is 11.3 Å². The van der Waals surface area contributed by atoms with Crippen LogP contribution in [0.1, 0.15) is 36.3 Å². The highest BCUT2D eigenvalue weighted by Gasteiger charge is 2.10. The maximum Gasteiger partial charge on any atom is 0.258 e. The third-order valence-electron chi connectivity index (χ3n) is 3.26. The zero-order chi connectivity index (χ0) is 14.8. The number of nitrogens with one attached hydrogen (secondary N) is 1. The number of hydrogen-bond donors (Lipinski definition) is 1. The smallest absolute Gasteiger partial charge is 0.258 e. The van der Waals surface area contributed by atoms with E-state index in [9.17, 15) is 4.79 Å². The molecule has 0 radical (unpaired) electrons. The molecule has 0 amide bonds. The van der Waals surface area contributed by atoms with Crippen LogP contribution in [0.5, 0.6) is 0 Å². The van der Waals surface area contributed by atoms with Crippen molar-refractivity contribution in [3.63, 3.8) is 0 Å². The third kappa shape index (κ3) is 3.04. The molecule has 1 N–H and O–H groups in total. The lowest BCUT2D eigenvalue weighted by molar-refractivity contribution is 0.556.